The molecule has 0 aromatic rings. The standard InChI is InChI=1S/C6H12OS/c1-6(5-8-2)3-7-4-6/h3-5H2,1-2H3. The van der Waals surface area contributed by atoms with E-state index >= 15 is 0 Å². The van der Waals surface area contributed by atoms with E-state index in [0.717, 1.165) is 13.2 Å². The molecule has 1 rings (SSSR count). The summed E-state index contributed by atoms with van der Waals surface area (Å²) in [7, 11) is 0. The fourth-order valence-electron chi connectivity index (χ4n) is 0.882. The van der Waals surface area contributed by atoms with Gasteiger partial charge in [0.25, 0.3) is 0 Å². The Hall–Kier alpha value is 0.310. The lowest BCUT2D eigenvalue weighted by atomic mass is 9.92. The predicted octanol–water partition coefficient (Wildman–Crippen LogP) is 1.39. The molecule has 1 saturated heterocycles. The summed E-state index contributed by atoms with van der Waals surface area (Å²) in [6, 6.07) is 0. The van der Waals surface area contributed by atoms with Gasteiger partial charge < -0.3 is 4.74 Å². The number of ether oxygens (including phenoxy) is 1. The molecule has 0 bridgehead atoms. The number of hydrogen-bond acceptors (Lipinski definition) is 2. The Balaban J connectivity index is 2.20. The molecule has 0 N–H and O–H groups in total. The van der Waals surface area contributed by atoms with Crippen molar-refractivity contribution in [2.24, 2.45) is 5.41 Å². The number of thioether (sulfide) groups is 1. The van der Waals surface area contributed by atoms with Gasteiger partial charge in [0.2, 0.25) is 0 Å². The molecule has 0 radical (unpaired) electrons. The topological polar surface area (TPSA) is 9.23 Å². The summed E-state index contributed by atoms with van der Waals surface area (Å²) in [5.74, 6) is 1.24. The molecule has 1 fully saturated rings. The van der Waals surface area contributed by atoms with Crippen LogP contribution in [-0.2, 0) is 4.74 Å². The SMILES string of the molecule is CSCC1(C)COC1. The first-order chi connectivity index (χ1) is 3.77. The Morgan fingerprint density at radius 2 is 2.25 bits per heavy atom. The normalized spacial score (nSPS) is 24.8. The maximum atomic E-state index is 5.08. The minimum absolute atomic E-state index is 0.513. The average molecular weight is 132 g/mol. The molecule has 48 valence electrons. The lowest BCUT2D eigenvalue weighted by molar-refractivity contribution is -0.0860. The largest absolute Gasteiger partial charge is 0.380 e. The minimum Gasteiger partial charge on any atom is -0.380 e. The van der Waals surface area contributed by atoms with Crippen LogP contribution in [0.4, 0.5) is 0 Å². The van der Waals surface area contributed by atoms with E-state index in [1.165, 1.54) is 5.75 Å². The van der Waals surface area contributed by atoms with Crippen molar-refractivity contribution in [1.82, 2.24) is 0 Å². The molecule has 0 aromatic heterocycles. The maximum Gasteiger partial charge on any atom is 0.0550 e. The Morgan fingerprint density at radius 3 is 2.38 bits per heavy atom. The molecule has 0 saturated carbocycles. The number of rotatable bonds is 2. The Kier molecular flexibility index (Phi) is 1.83. The van der Waals surface area contributed by atoms with Crippen LogP contribution in [-0.4, -0.2) is 25.2 Å². The zero-order valence-corrected chi connectivity index (χ0v) is 6.25. The molecule has 0 aromatic carbocycles. The van der Waals surface area contributed by atoms with Crippen molar-refractivity contribution < 1.29 is 4.74 Å². The van der Waals surface area contributed by atoms with E-state index in [1.54, 1.807) is 0 Å². The van der Waals surface area contributed by atoms with Crippen LogP contribution in [0, 0.1) is 5.41 Å². The van der Waals surface area contributed by atoms with Gasteiger partial charge in [-0.15, -0.1) is 0 Å². The number of hydrogen-bond donors (Lipinski definition) is 0. The van der Waals surface area contributed by atoms with Crippen LogP contribution in [0.2, 0.25) is 0 Å². The lowest BCUT2D eigenvalue weighted by Crippen LogP contribution is -2.41. The molecule has 2 heteroatoms. The molecule has 1 nitrogen and oxygen atoms in total. The Labute approximate surface area is 54.8 Å². The molecule has 1 aliphatic heterocycles. The predicted molar refractivity (Wildman–Crippen MR) is 37.3 cm³/mol. The van der Waals surface area contributed by atoms with Crippen LogP contribution in [0.3, 0.4) is 0 Å². The second-order valence-corrected chi connectivity index (χ2v) is 3.60. The third-order valence-electron chi connectivity index (χ3n) is 1.39. The molecular formula is C6H12OS. The first kappa shape index (κ1) is 6.43. The highest BCUT2D eigenvalue weighted by Gasteiger charge is 2.32. The molecule has 8 heavy (non-hydrogen) atoms. The molecule has 0 amide bonds. The van der Waals surface area contributed by atoms with Gasteiger partial charge in [0, 0.05) is 11.2 Å². The van der Waals surface area contributed by atoms with Gasteiger partial charge in [-0.25, -0.2) is 0 Å². The Morgan fingerprint density at radius 1 is 1.62 bits per heavy atom. The van der Waals surface area contributed by atoms with Crippen LogP contribution >= 0.6 is 11.8 Å². The third-order valence-corrected chi connectivity index (χ3v) is 2.38. The highest BCUT2D eigenvalue weighted by Crippen LogP contribution is 2.29. The van der Waals surface area contributed by atoms with E-state index in [0.29, 0.717) is 5.41 Å². The second kappa shape index (κ2) is 2.28. The fourth-order valence-corrected chi connectivity index (χ4v) is 1.75. The van der Waals surface area contributed by atoms with Crippen LogP contribution < -0.4 is 0 Å². The van der Waals surface area contributed by atoms with Gasteiger partial charge in [-0.05, 0) is 6.26 Å². The summed E-state index contributed by atoms with van der Waals surface area (Å²) in [6.45, 7) is 4.20. The highest BCUT2D eigenvalue weighted by atomic mass is 32.2. The van der Waals surface area contributed by atoms with Crippen molar-refractivity contribution in [3.8, 4) is 0 Å². The van der Waals surface area contributed by atoms with Crippen molar-refractivity contribution in [1.29, 1.82) is 0 Å². The van der Waals surface area contributed by atoms with E-state index in [2.05, 4.69) is 13.2 Å². The van der Waals surface area contributed by atoms with Gasteiger partial charge in [0.1, 0.15) is 0 Å². The minimum atomic E-state index is 0.513. The smallest absolute Gasteiger partial charge is 0.0550 e. The van der Waals surface area contributed by atoms with Gasteiger partial charge in [-0.1, -0.05) is 6.92 Å². The van der Waals surface area contributed by atoms with Crippen LogP contribution in [0.5, 0.6) is 0 Å². The first-order valence-electron chi connectivity index (χ1n) is 2.83. The van der Waals surface area contributed by atoms with Gasteiger partial charge in [0.15, 0.2) is 0 Å². The molecule has 0 aliphatic carbocycles. The summed E-state index contributed by atoms with van der Waals surface area (Å²) in [5.41, 5.74) is 0.513. The summed E-state index contributed by atoms with van der Waals surface area (Å²) < 4.78 is 5.08. The van der Waals surface area contributed by atoms with E-state index in [1.807, 2.05) is 11.8 Å². The first-order valence-corrected chi connectivity index (χ1v) is 4.23. The molecule has 0 unspecified atom stereocenters. The van der Waals surface area contributed by atoms with E-state index in [-0.39, 0.29) is 0 Å². The lowest BCUT2D eigenvalue weighted by Gasteiger charge is -2.37. The van der Waals surface area contributed by atoms with Gasteiger partial charge in [0.05, 0.1) is 13.2 Å². The highest BCUT2D eigenvalue weighted by molar-refractivity contribution is 7.98. The molecule has 0 spiro atoms. The van der Waals surface area contributed by atoms with Gasteiger partial charge in [-0.2, -0.15) is 11.8 Å². The molecule has 1 aliphatic rings. The zero-order chi connectivity index (χ0) is 6.04. The monoisotopic (exact) mass is 132 g/mol. The van der Waals surface area contributed by atoms with E-state index < -0.39 is 0 Å². The van der Waals surface area contributed by atoms with E-state index in [4.69, 9.17) is 4.74 Å². The van der Waals surface area contributed by atoms with E-state index in [9.17, 15) is 0 Å². The zero-order valence-electron chi connectivity index (χ0n) is 5.44. The molecule has 1 heterocycles. The quantitative estimate of drug-likeness (QED) is 0.561. The molecular weight excluding hydrogens is 120 g/mol. The van der Waals surface area contributed by atoms with Crippen LogP contribution in [0.15, 0.2) is 0 Å². The van der Waals surface area contributed by atoms with Gasteiger partial charge >= 0.3 is 0 Å². The van der Waals surface area contributed by atoms with Crippen molar-refractivity contribution in [3.05, 3.63) is 0 Å². The van der Waals surface area contributed by atoms with Crippen molar-refractivity contribution >= 4 is 11.8 Å². The summed E-state index contributed by atoms with van der Waals surface area (Å²) in [4.78, 5) is 0. The van der Waals surface area contributed by atoms with Crippen LogP contribution in [0.1, 0.15) is 6.92 Å². The fraction of sp³-hybridized carbons (Fsp3) is 1.00. The third kappa shape index (κ3) is 1.17. The van der Waals surface area contributed by atoms with Crippen molar-refractivity contribution in [2.75, 3.05) is 25.2 Å². The van der Waals surface area contributed by atoms with Crippen LogP contribution in [0.25, 0.3) is 0 Å². The Bertz CT molecular complexity index is 78.6. The van der Waals surface area contributed by atoms with Gasteiger partial charge in [-0.3, -0.25) is 0 Å². The summed E-state index contributed by atoms with van der Waals surface area (Å²) in [5, 5.41) is 0. The second-order valence-electron chi connectivity index (χ2n) is 2.74. The molecule has 0 atom stereocenters. The maximum absolute atomic E-state index is 5.08. The summed E-state index contributed by atoms with van der Waals surface area (Å²) in [6.07, 6.45) is 2.14. The van der Waals surface area contributed by atoms with Crippen molar-refractivity contribution in [2.45, 2.75) is 6.92 Å². The summed E-state index contributed by atoms with van der Waals surface area (Å²) >= 11 is 1.90. The van der Waals surface area contributed by atoms with Crippen molar-refractivity contribution in [3.63, 3.8) is 0 Å². The average Bonchev–Trinajstić information content (AvgIpc) is 1.64.